The fraction of sp³-hybridized carbons (Fsp3) is 0.348. The average molecular weight is 389 g/mol. The Hall–Kier alpha value is -3.15. The summed E-state index contributed by atoms with van der Waals surface area (Å²) in [6, 6.07) is 19.1. The van der Waals surface area contributed by atoms with Gasteiger partial charge in [-0.05, 0) is 48.9 Å². The van der Waals surface area contributed by atoms with Gasteiger partial charge < -0.3 is 10.2 Å². The third-order valence-electron chi connectivity index (χ3n) is 5.32. The molecule has 3 aromatic rings. The van der Waals surface area contributed by atoms with Crippen LogP contribution in [0.25, 0.3) is 5.69 Å². The molecule has 1 unspecified atom stereocenters. The molecule has 0 spiro atoms. The smallest absolute Gasteiger partial charge is 0.194 e. The van der Waals surface area contributed by atoms with Crippen LogP contribution in [0.4, 0.5) is 0 Å². The number of rotatable bonds is 6. The maximum atomic E-state index is 4.90. The number of hydrogen-bond donors (Lipinski definition) is 1. The molecule has 1 aliphatic heterocycles. The number of guanidine groups is 1. The SMILES string of the molecule is CCNC(=NCc1ccc(-n2cncn2)cc1)N1CCC(Cc2ccccc2)C1. The largest absolute Gasteiger partial charge is 0.357 e. The molecule has 150 valence electrons. The lowest BCUT2D eigenvalue weighted by atomic mass is 9.99. The zero-order chi connectivity index (χ0) is 19.9. The molecular weight excluding hydrogens is 360 g/mol. The van der Waals surface area contributed by atoms with E-state index in [2.05, 4.69) is 81.8 Å². The van der Waals surface area contributed by atoms with Crippen molar-refractivity contribution < 1.29 is 0 Å². The minimum Gasteiger partial charge on any atom is -0.357 e. The van der Waals surface area contributed by atoms with E-state index in [1.165, 1.54) is 17.5 Å². The predicted molar refractivity (Wildman–Crippen MR) is 116 cm³/mol. The Balaban J connectivity index is 1.37. The number of hydrogen-bond acceptors (Lipinski definition) is 3. The Morgan fingerprint density at radius 3 is 2.66 bits per heavy atom. The minimum absolute atomic E-state index is 0.666. The molecule has 0 saturated carbocycles. The molecule has 1 atom stereocenters. The van der Waals surface area contributed by atoms with Crippen LogP contribution in [0.2, 0.25) is 0 Å². The molecule has 1 fully saturated rings. The number of benzene rings is 2. The fourth-order valence-corrected chi connectivity index (χ4v) is 3.83. The molecule has 0 bridgehead atoms. The van der Waals surface area contributed by atoms with Gasteiger partial charge in [0.2, 0.25) is 0 Å². The summed E-state index contributed by atoms with van der Waals surface area (Å²) >= 11 is 0. The van der Waals surface area contributed by atoms with Gasteiger partial charge in [0.1, 0.15) is 12.7 Å². The number of nitrogens with zero attached hydrogens (tertiary/aromatic N) is 5. The lowest BCUT2D eigenvalue weighted by Gasteiger charge is -2.21. The van der Waals surface area contributed by atoms with Crippen LogP contribution in [-0.4, -0.2) is 45.3 Å². The first-order valence-electron chi connectivity index (χ1n) is 10.3. The van der Waals surface area contributed by atoms with Gasteiger partial charge in [-0.1, -0.05) is 42.5 Å². The highest BCUT2D eigenvalue weighted by atomic mass is 15.3. The first-order chi connectivity index (χ1) is 14.3. The fourth-order valence-electron chi connectivity index (χ4n) is 3.83. The van der Waals surface area contributed by atoms with E-state index in [0.29, 0.717) is 12.5 Å². The summed E-state index contributed by atoms with van der Waals surface area (Å²) in [7, 11) is 0. The summed E-state index contributed by atoms with van der Waals surface area (Å²) in [5.41, 5.74) is 3.61. The monoisotopic (exact) mass is 388 g/mol. The van der Waals surface area contributed by atoms with Crippen LogP contribution in [0, 0.1) is 5.92 Å². The molecule has 0 radical (unpaired) electrons. The van der Waals surface area contributed by atoms with Crippen LogP contribution in [0.1, 0.15) is 24.5 Å². The Bertz CT molecular complexity index is 902. The van der Waals surface area contributed by atoms with E-state index < -0.39 is 0 Å². The van der Waals surface area contributed by atoms with Gasteiger partial charge in [0.15, 0.2) is 5.96 Å². The minimum atomic E-state index is 0.666. The van der Waals surface area contributed by atoms with Gasteiger partial charge in [-0.15, -0.1) is 0 Å². The molecular formula is C23H28N6. The van der Waals surface area contributed by atoms with E-state index in [9.17, 15) is 0 Å². The zero-order valence-electron chi connectivity index (χ0n) is 16.9. The van der Waals surface area contributed by atoms with Crippen LogP contribution in [-0.2, 0) is 13.0 Å². The van der Waals surface area contributed by atoms with Crippen molar-refractivity contribution in [3.05, 3.63) is 78.4 Å². The van der Waals surface area contributed by atoms with Gasteiger partial charge >= 0.3 is 0 Å². The normalized spacial score (nSPS) is 16.9. The van der Waals surface area contributed by atoms with Gasteiger partial charge in [0, 0.05) is 19.6 Å². The second-order valence-electron chi connectivity index (χ2n) is 7.47. The molecule has 6 nitrogen and oxygen atoms in total. The zero-order valence-corrected chi connectivity index (χ0v) is 16.9. The Morgan fingerprint density at radius 1 is 1.10 bits per heavy atom. The number of likely N-dealkylation sites (tertiary alicyclic amines) is 1. The van der Waals surface area contributed by atoms with Crippen molar-refractivity contribution in [3.63, 3.8) is 0 Å². The van der Waals surface area contributed by atoms with Crippen molar-refractivity contribution >= 4 is 5.96 Å². The molecule has 1 aliphatic rings. The summed E-state index contributed by atoms with van der Waals surface area (Å²) in [6.45, 7) is 5.80. The Kier molecular flexibility index (Phi) is 6.19. The van der Waals surface area contributed by atoms with Gasteiger partial charge in [-0.3, -0.25) is 0 Å². The van der Waals surface area contributed by atoms with Crippen LogP contribution in [0.3, 0.4) is 0 Å². The quantitative estimate of drug-likeness (QED) is 0.520. The van der Waals surface area contributed by atoms with E-state index in [1.807, 2.05) is 0 Å². The summed E-state index contributed by atoms with van der Waals surface area (Å²) in [6.07, 6.45) is 5.60. The molecule has 2 heterocycles. The highest BCUT2D eigenvalue weighted by Gasteiger charge is 2.24. The maximum absolute atomic E-state index is 4.90. The number of aromatic nitrogens is 3. The van der Waals surface area contributed by atoms with Crippen molar-refractivity contribution in [2.45, 2.75) is 26.3 Å². The molecule has 2 aromatic carbocycles. The lowest BCUT2D eigenvalue weighted by Crippen LogP contribution is -2.40. The van der Waals surface area contributed by atoms with E-state index in [1.54, 1.807) is 17.3 Å². The third-order valence-corrected chi connectivity index (χ3v) is 5.32. The van der Waals surface area contributed by atoms with Gasteiger partial charge in [0.05, 0.1) is 12.2 Å². The average Bonchev–Trinajstić information content (AvgIpc) is 3.45. The van der Waals surface area contributed by atoms with Gasteiger partial charge in [-0.25, -0.2) is 14.7 Å². The number of nitrogens with one attached hydrogen (secondary N) is 1. The van der Waals surface area contributed by atoms with Crippen molar-refractivity contribution in [2.24, 2.45) is 10.9 Å². The topological polar surface area (TPSA) is 58.3 Å². The summed E-state index contributed by atoms with van der Waals surface area (Å²) in [5, 5.41) is 7.63. The molecule has 0 amide bonds. The highest BCUT2D eigenvalue weighted by molar-refractivity contribution is 5.80. The van der Waals surface area contributed by atoms with E-state index in [-0.39, 0.29) is 0 Å². The van der Waals surface area contributed by atoms with E-state index in [4.69, 9.17) is 4.99 Å². The molecule has 29 heavy (non-hydrogen) atoms. The lowest BCUT2D eigenvalue weighted by molar-refractivity contribution is 0.460. The molecule has 0 aliphatic carbocycles. The first kappa shape index (κ1) is 19.2. The van der Waals surface area contributed by atoms with Crippen molar-refractivity contribution in [3.8, 4) is 5.69 Å². The highest BCUT2D eigenvalue weighted by Crippen LogP contribution is 2.21. The standard InChI is InChI=1S/C23H28N6/c1-2-25-23(28-13-12-21(16-28)14-19-6-4-3-5-7-19)26-15-20-8-10-22(11-9-20)29-18-24-17-27-29/h3-11,17-18,21H,2,12-16H2,1H3,(H,25,26). The molecule has 4 rings (SSSR count). The Morgan fingerprint density at radius 2 is 1.93 bits per heavy atom. The summed E-state index contributed by atoms with van der Waals surface area (Å²) in [5.74, 6) is 1.70. The molecule has 6 heteroatoms. The van der Waals surface area contributed by atoms with E-state index >= 15 is 0 Å². The number of aliphatic imine (C=N–C) groups is 1. The van der Waals surface area contributed by atoms with Crippen LogP contribution in [0.15, 0.2) is 72.2 Å². The Labute approximate surface area is 172 Å². The molecule has 1 N–H and O–H groups in total. The van der Waals surface area contributed by atoms with Crippen LogP contribution < -0.4 is 5.32 Å². The summed E-state index contributed by atoms with van der Waals surface area (Å²) in [4.78, 5) is 11.3. The van der Waals surface area contributed by atoms with Crippen molar-refractivity contribution in [1.82, 2.24) is 25.0 Å². The van der Waals surface area contributed by atoms with Gasteiger partial charge in [-0.2, -0.15) is 5.10 Å². The third kappa shape index (κ3) is 5.02. The predicted octanol–water partition coefficient (Wildman–Crippen LogP) is 3.30. The van der Waals surface area contributed by atoms with Crippen LogP contribution in [0.5, 0.6) is 0 Å². The molecule has 1 saturated heterocycles. The second kappa shape index (κ2) is 9.37. The van der Waals surface area contributed by atoms with E-state index in [0.717, 1.165) is 37.7 Å². The van der Waals surface area contributed by atoms with Gasteiger partial charge in [0.25, 0.3) is 0 Å². The van der Waals surface area contributed by atoms with Crippen molar-refractivity contribution in [2.75, 3.05) is 19.6 Å². The maximum Gasteiger partial charge on any atom is 0.194 e. The summed E-state index contributed by atoms with van der Waals surface area (Å²) < 4.78 is 1.76. The van der Waals surface area contributed by atoms with Crippen molar-refractivity contribution in [1.29, 1.82) is 0 Å². The first-order valence-corrected chi connectivity index (χ1v) is 10.3. The van der Waals surface area contributed by atoms with Crippen LogP contribution >= 0.6 is 0 Å². The molecule has 1 aromatic heterocycles. The second-order valence-corrected chi connectivity index (χ2v) is 7.47.